The van der Waals surface area contributed by atoms with Crippen molar-refractivity contribution in [2.24, 2.45) is 0 Å². The van der Waals surface area contributed by atoms with Crippen molar-refractivity contribution in [2.75, 3.05) is 19.6 Å². The number of amides is 1. The van der Waals surface area contributed by atoms with Crippen LogP contribution in [0.4, 0.5) is 0 Å². The van der Waals surface area contributed by atoms with Gasteiger partial charge in [0.1, 0.15) is 0 Å². The summed E-state index contributed by atoms with van der Waals surface area (Å²) in [5.74, 6) is 0.0121. The first-order chi connectivity index (χ1) is 9.53. The molecule has 2 rings (SSSR count). The number of benzene rings is 1. The molecule has 1 aliphatic heterocycles. The van der Waals surface area contributed by atoms with Gasteiger partial charge in [0.15, 0.2) is 0 Å². The highest BCUT2D eigenvalue weighted by molar-refractivity contribution is 6.42. The Balaban J connectivity index is 2.21. The second-order valence-corrected chi connectivity index (χ2v) is 6.24. The van der Waals surface area contributed by atoms with Crippen LogP contribution >= 0.6 is 23.2 Å². The van der Waals surface area contributed by atoms with Gasteiger partial charge in [-0.05, 0) is 43.5 Å². The molecule has 0 unspecified atom stereocenters. The van der Waals surface area contributed by atoms with Crippen LogP contribution in [-0.4, -0.2) is 25.5 Å². The Bertz CT molecular complexity index is 485. The summed E-state index contributed by atoms with van der Waals surface area (Å²) in [6.45, 7) is 4.18. The molecule has 1 saturated heterocycles. The molecule has 1 heterocycles. The maximum Gasteiger partial charge on any atom is 0.216 e. The third-order valence-electron chi connectivity index (χ3n) is 3.98. The zero-order chi connectivity index (χ0) is 14.6. The van der Waals surface area contributed by atoms with Crippen LogP contribution in [0.3, 0.4) is 0 Å². The highest BCUT2D eigenvalue weighted by Gasteiger charge is 2.33. The normalized spacial score (nSPS) is 22.6. The predicted molar refractivity (Wildman–Crippen MR) is 83.5 cm³/mol. The van der Waals surface area contributed by atoms with Gasteiger partial charge in [-0.3, -0.25) is 4.79 Å². The van der Waals surface area contributed by atoms with Gasteiger partial charge in [0.05, 0.1) is 10.0 Å². The molecule has 20 heavy (non-hydrogen) atoms. The number of nitrogens with one attached hydrogen (secondary N) is 2. The second kappa shape index (κ2) is 6.79. The third-order valence-corrected chi connectivity index (χ3v) is 4.72. The van der Waals surface area contributed by atoms with Gasteiger partial charge in [0, 0.05) is 25.4 Å². The van der Waals surface area contributed by atoms with Crippen molar-refractivity contribution in [1.82, 2.24) is 10.6 Å². The predicted octanol–water partition coefficient (Wildman–Crippen LogP) is 3.14. The molecule has 0 spiro atoms. The van der Waals surface area contributed by atoms with Gasteiger partial charge >= 0.3 is 0 Å². The van der Waals surface area contributed by atoms with Crippen molar-refractivity contribution in [3.8, 4) is 0 Å². The van der Waals surface area contributed by atoms with Gasteiger partial charge in [0.25, 0.3) is 0 Å². The molecule has 1 amide bonds. The summed E-state index contributed by atoms with van der Waals surface area (Å²) in [6, 6.07) is 5.87. The molecule has 0 bridgehead atoms. The van der Waals surface area contributed by atoms with Crippen molar-refractivity contribution in [3.05, 3.63) is 33.8 Å². The van der Waals surface area contributed by atoms with E-state index in [1.165, 1.54) is 5.56 Å². The van der Waals surface area contributed by atoms with Gasteiger partial charge in [0.2, 0.25) is 5.91 Å². The second-order valence-electron chi connectivity index (χ2n) is 5.42. The minimum Gasteiger partial charge on any atom is -0.356 e. The highest BCUT2D eigenvalue weighted by Crippen LogP contribution is 2.37. The first-order valence-corrected chi connectivity index (χ1v) is 7.70. The molecule has 0 aliphatic carbocycles. The molecule has 1 fully saturated rings. The Kier molecular flexibility index (Phi) is 5.30. The van der Waals surface area contributed by atoms with E-state index in [4.69, 9.17) is 23.2 Å². The summed E-state index contributed by atoms with van der Waals surface area (Å²) in [7, 11) is 0. The van der Waals surface area contributed by atoms with Crippen molar-refractivity contribution < 1.29 is 4.79 Å². The fourth-order valence-electron chi connectivity index (χ4n) is 2.88. The van der Waals surface area contributed by atoms with Crippen LogP contribution < -0.4 is 10.6 Å². The summed E-state index contributed by atoms with van der Waals surface area (Å²) < 4.78 is 0. The maximum atomic E-state index is 11.1. The van der Waals surface area contributed by atoms with Crippen molar-refractivity contribution in [3.63, 3.8) is 0 Å². The largest absolute Gasteiger partial charge is 0.356 e. The van der Waals surface area contributed by atoms with Gasteiger partial charge < -0.3 is 10.6 Å². The Morgan fingerprint density at radius 2 is 2.20 bits per heavy atom. The average Bonchev–Trinajstić information content (AvgIpc) is 2.42. The van der Waals surface area contributed by atoms with E-state index < -0.39 is 0 Å². The average molecular weight is 315 g/mol. The lowest BCUT2D eigenvalue weighted by atomic mass is 9.72. The molecule has 1 aromatic carbocycles. The maximum absolute atomic E-state index is 11.1. The number of hydrogen-bond acceptors (Lipinski definition) is 2. The molecular weight excluding hydrogens is 295 g/mol. The first kappa shape index (κ1) is 15.6. The number of hydrogen-bond donors (Lipinski definition) is 2. The van der Waals surface area contributed by atoms with E-state index in [2.05, 4.69) is 16.7 Å². The molecule has 1 aliphatic rings. The third kappa shape index (κ3) is 3.66. The van der Waals surface area contributed by atoms with E-state index in [0.29, 0.717) is 16.6 Å². The summed E-state index contributed by atoms with van der Waals surface area (Å²) in [4.78, 5) is 11.1. The molecule has 0 saturated carbocycles. The van der Waals surface area contributed by atoms with Gasteiger partial charge in [-0.2, -0.15) is 0 Å². The smallest absolute Gasteiger partial charge is 0.216 e. The van der Waals surface area contributed by atoms with E-state index >= 15 is 0 Å². The minimum absolute atomic E-state index is 0.0121. The Morgan fingerprint density at radius 3 is 2.80 bits per heavy atom. The quantitative estimate of drug-likeness (QED) is 0.896. The summed E-state index contributed by atoms with van der Waals surface area (Å²) >= 11 is 12.2. The number of carbonyl (C=O) groups excluding carboxylic acids is 1. The van der Waals surface area contributed by atoms with Crippen LogP contribution in [0, 0.1) is 0 Å². The van der Waals surface area contributed by atoms with E-state index in [1.54, 1.807) is 6.92 Å². The molecule has 2 N–H and O–H groups in total. The lowest BCUT2D eigenvalue weighted by Gasteiger charge is -2.38. The Labute approximate surface area is 130 Å². The molecule has 3 nitrogen and oxygen atoms in total. The number of carbonyl (C=O) groups is 1. The fraction of sp³-hybridized carbons (Fsp3) is 0.533. The van der Waals surface area contributed by atoms with Crippen LogP contribution in [0.25, 0.3) is 0 Å². The summed E-state index contributed by atoms with van der Waals surface area (Å²) in [6.07, 6.45) is 3.12. The Hall–Kier alpha value is -0.770. The molecule has 5 heteroatoms. The summed E-state index contributed by atoms with van der Waals surface area (Å²) in [5.41, 5.74) is 1.22. The monoisotopic (exact) mass is 314 g/mol. The van der Waals surface area contributed by atoms with E-state index in [9.17, 15) is 4.79 Å². The SMILES string of the molecule is CC(=O)NCC[C@]1(c2ccc(Cl)c(Cl)c2)CCCNC1. The van der Waals surface area contributed by atoms with E-state index in [-0.39, 0.29) is 11.3 Å². The molecule has 1 atom stereocenters. The molecule has 0 aromatic heterocycles. The van der Waals surface area contributed by atoms with Gasteiger partial charge in [-0.1, -0.05) is 29.3 Å². The van der Waals surface area contributed by atoms with E-state index in [0.717, 1.165) is 32.4 Å². The van der Waals surface area contributed by atoms with Crippen LogP contribution in [0.1, 0.15) is 31.7 Å². The van der Waals surface area contributed by atoms with Crippen LogP contribution in [0.5, 0.6) is 0 Å². The summed E-state index contributed by atoms with van der Waals surface area (Å²) in [5, 5.41) is 7.52. The van der Waals surface area contributed by atoms with Crippen molar-refractivity contribution in [1.29, 1.82) is 0 Å². The lowest BCUT2D eigenvalue weighted by Crippen LogP contribution is -2.45. The van der Waals surface area contributed by atoms with E-state index in [1.807, 2.05) is 12.1 Å². The molecule has 0 radical (unpaired) electrons. The van der Waals surface area contributed by atoms with Crippen molar-refractivity contribution in [2.45, 2.75) is 31.6 Å². The minimum atomic E-state index is 0.0121. The Morgan fingerprint density at radius 1 is 1.40 bits per heavy atom. The molecule has 110 valence electrons. The van der Waals surface area contributed by atoms with Gasteiger partial charge in [-0.15, -0.1) is 0 Å². The number of rotatable bonds is 4. The number of piperidine rings is 1. The molecular formula is C15H20Cl2N2O. The van der Waals surface area contributed by atoms with Crippen LogP contribution in [-0.2, 0) is 10.2 Å². The highest BCUT2D eigenvalue weighted by atomic mass is 35.5. The zero-order valence-corrected chi connectivity index (χ0v) is 13.2. The number of halogens is 2. The van der Waals surface area contributed by atoms with Crippen molar-refractivity contribution >= 4 is 29.1 Å². The topological polar surface area (TPSA) is 41.1 Å². The standard InChI is InChI=1S/C15H20Cl2N2O/c1-11(20)19-8-6-15(5-2-7-18-10-15)12-3-4-13(16)14(17)9-12/h3-4,9,18H,2,5-8,10H2,1H3,(H,19,20)/t15-/m1/s1. The zero-order valence-electron chi connectivity index (χ0n) is 11.6. The van der Waals surface area contributed by atoms with Crippen LogP contribution in [0.2, 0.25) is 10.0 Å². The van der Waals surface area contributed by atoms with Gasteiger partial charge in [-0.25, -0.2) is 0 Å². The lowest BCUT2D eigenvalue weighted by molar-refractivity contribution is -0.119. The fourth-order valence-corrected chi connectivity index (χ4v) is 3.17. The van der Waals surface area contributed by atoms with Crippen LogP contribution in [0.15, 0.2) is 18.2 Å². The molecule has 1 aromatic rings. The first-order valence-electron chi connectivity index (χ1n) is 6.94.